The average Bonchev–Trinajstić information content (AvgIpc) is 3.32. The second-order valence-corrected chi connectivity index (χ2v) is 8.07. The summed E-state index contributed by atoms with van der Waals surface area (Å²) in [6.45, 7) is 0.925. The van der Waals surface area contributed by atoms with Crippen molar-refractivity contribution in [2.24, 2.45) is 20.0 Å². The first-order valence-electron chi connectivity index (χ1n) is 10.2. The highest BCUT2D eigenvalue weighted by Gasteiger charge is 2.22. The summed E-state index contributed by atoms with van der Waals surface area (Å²) in [6.07, 6.45) is 7.96. The van der Waals surface area contributed by atoms with Gasteiger partial charge in [-0.15, -0.1) is 0 Å². The molecule has 0 fully saturated rings. The third kappa shape index (κ3) is 3.07. The number of fused-ring (bicyclic) bond motifs is 2. The standard InChI is InChI=1S/C23H23N5O2/c1-26-19-13-18(14-25-22(19)27(2)23(26)30)16-4-3-5-17(12-16)20(29)10-15-6-8-28-9-7-24-21(28)11-15/h3-5,7,9,12-15H,6,8,10-11H2,1-2H3. The van der Waals surface area contributed by atoms with Crippen molar-refractivity contribution < 1.29 is 4.79 Å². The van der Waals surface area contributed by atoms with Crippen molar-refractivity contribution in [3.63, 3.8) is 0 Å². The number of aromatic nitrogens is 5. The number of carbonyl (C=O) groups is 1. The summed E-state index contributed by atoms with van der Waals surface area (Å²) >= 11 is 0. The van der Waals surface area contributed by atoms with Crippen LogP contribution in [0.5, 0.6) is 0 Å². The Morgan fingerprint density at radius 2 is 2.00 bits per heavy atom. The van der Waals surface area contributed by atoms with Gasteiger partial charge in [0.25, 0.3) is 0 Å². The van der Waals surface area contributed by atoms with Gasteiger partial charge in [-0.05, 0) is 30.0 Å². The predicted molar refractivity (Wildman–Crippen MR) is 114 cm³/mol. The summed E-state index contributed by atoms with van der Waals surface area (Å²) in [5.41, 5.74) is 3.84. The van der Waals surface area contributed by atoms with E-state index in [2.05, 4.69) is 14.5 Å². The number of aryl methyl sites for hydroxylation is 3. The molecule has 0 spiro atoms. The van der Waals surface area contributed by atoms with Gasteiger partial charge in [-0.1, -0.05) is 18.2 Å². The predicted octanol–water partition coefficient (Wildman–Crippen LogP) is 2.97. The summed E-state index contributed by atoms with van der Waals surface area (Å²) in [4.78, 5) is 34.0. The quantitative estimate of drug-likeness (QED) is 0.493. The van der Waals surface area contributed by atoms with E-state index in [0.717, 1.165) is 41.9 Å². The molecular formula is C23H23N5O2. The molecule has 152 valence electrons. The highest BCUT2D eigenvalue weighted by Crippen LogP contribution is 2.26. The Morgan fingerprint density at radius 1 is 1.13 bits per heavy atom. The molecule has 0 bridgehead atoms. The van der Waals surface area contributed by atoms with Crippen LogP contribution in [-0.4, -0.2) is 29.5 Å². The second kappa shape index (κ2) is 7.09. The molecule has 4 heterocycles. The van der Waals surface area contributed by atoms with Crippen LogP contribution in [0.15, 0.2) is 53.7 Å². The number of pyridine rings is 1. The minimum atomic E-state index is -0.105. The number of ketones is 1. The monoisotopic (exact) mass is 401 g/mol. The van der Waals surface area contributed by atoms with E-state index in [1.165, 1.54) is 4.57 Å². The molecular weight excluding hydrogens is 378 g/mol. The Kier molecular flexibility index (Phi) is 4.38. The number of benzene rings is 1. The molecule has 0 N–H and O–H groups in total. The summed E-state index contributed by atoms with van der Waals surface area (Å²) in [5, 5.41) is 0. The highest BCUT2D eigenvalue weighted by molar-refractivity contribution is 5.97. The fourth-order valence-corrected chi connectivity index (χ4v) is 4.37. The van der Waals surface area contributed by atoms with Gasteiger partial charge in [-0.25, -0.2) is 14.8 Å². The smallest absolute Gasteiger partial charge is 0.329 e. The van der Waals surface area contributed by atoms with Crippen molar-refractivity contribution in [1.29, 1.82) is 0 Å². The van der Waals surface area contributed by atoms with Crippen LogP contribution in [0.25, 0.3) is 22.3 Å². The maximum absolute atomic E-state index is 13.0. The molecule has 1 unspecified atom stereocenters. The van der Waals surface area contributed by atoms with Crippen LogP contribution < -0.4 is 5.69 Å². The number of nitrogens with zero attached hydrogens (tertiary/aromatic N) is 5. The van der Waals surface area contributed by atoms with E-state index in [4.69, 9.17) is 0 Å². The summed E-state index contributed by atoms with van der Waals surface area (Å²) < 4.78 is 5.30. The average molecular weight is 401 g/mol. The van der Waals surface area contributed by atoms with Crippen LogP contribution in [0.4, 0.5) is 0 Å². The molecule has 7 nitrogen and oxygen atoms in total. The van der Waals surface area contributed by atoms with Gasteiger partial charge in [0.15, 0.2) is 11.4 Å². The normalized spacial score (nSPS) is 16.0. The second-order valence-electron chi connectivity index (χ2n) is 8.07. The molecule has 1 aliphatic rings. The lowest BCUT2D eigenvalue weighted by Gasteiger charge is -2.22. The molecule has 3 aromatic heterocycles. The topological polar surface area (TPSA) is 74.7 Å². The van der Waals surface area contributed by atoms with Gasteiger partial charge in [0.2, 0.25) is 0 Å². The van der Waals surface area contributed by atoms with E-state index < -0.39 is 0 Å². The van der Waals surface area contributed by atoms with E-state index in [1.807, 2.05) is 42.7 Å². The number of imidazole rings is 2. The molecule has 0 saturated carbocycles. The zero-order chi connectivity index (χ0) is 20.8. The SMILES string of the molecule is Cn1c(=O)n(C)c2ncc(-c3cccc(C(=O)CC4CCn5ccnc5C4)c3)cc21. The van der Waals surface area contributed by atoms with Crippen LogP contribution in [0, 0.1) is 5.92 Å². The fraction of sp³-hybridized carbons (Fsp3) is 0.304. The van der Waals surface area contributed by atoms with Crippen molar-refractivity contribution in [2.75, 3.05) is 0 Å². The zero-order valence-electron chi connectivity index (χ0n) is 17.1. The van der Waals surface area contributed by atoms with Crippen LogP contribution in [0.3, 0.4) is 0 Å². The van der Waals surface area contributed by atoms with Gasteiger partial charge in [-0.3, -0.25) is 13.9 Å². The summed E-state index contributed by atoms with van der Waals surface area (Å²) in [7, 11) is 3.46. The molecule has 0 amide bonds. The van der Waals surface area contributed by atoms with E-state index >= 15 is 0 Å². The van der Waals surface area contributed by atoms with Crippen LogP contribution in [0.2, 0.25) is 0 Å². The molecule has 0 aliphatic carbocycles. The van der Waals surface area contributed by atoms with E-state index in [9.17, 15) is 9.59 Å². The third-order valence-electron chi connectivity index (χ3n) is 6.14. The Hall–Kier alpha value is -3.48. The van der Waals surface area contributed by atoms with Crippen molar-refractivity contribution in [3.8, 4) is 11.1 Å². The van der Waals surface area contributed by atoms with Crippen LogP contribution in [0.1, 0.15) is 29.0 Å². The van der Waals surface area contributed by atoms with E-state index in [1.54, 1.807) is 24.9 Å². The highest BCUT2D eigenvalue weighted by atomic mass is 16.1. The number of Topliss-reactive ketones (excluding diaryl/α,β-unsaturated/α-hetero) is 1. The third-order valence-corrected chi connectivity index (χ3v) is 6.14. The molecule has 1 atom stereocenters. The van der Waals surface area contributed by atoms with Gasteiger partial charge in [0.05, 0.1) is 5.52 Å². The Balaban J connectivity index is 1.40. The number of carbonyl (C=O) groups excluding carboxylic acids is 1. The lowest BCUT2D eigenvalue weighted by atomic mass is 9.90. The van der Waals surface area contributed by atoms with Gasteiger partial charge < -0.3 is 4.57 Å². The molecule has 0 saturated heterocycles. The Bertz CT molecular complexity index is 1330. The first-order chi connectivity index (χ1) is 14.5. The van der Waals surface area contributed by atoms with Gasteiger partial charge >= 0.3 is 5.69 Å². The lowest BCUT2D eigenvalue weighted by Crippen LogP contribution is -2.21. The maximum Gasteiger partial charge on any atom is 0.329 e. The zero-order valence-corrected chi connectivity index (χ0v) is 17.1. The molecule has 0 radical (unpaired) electrons. The summed E-state index contributed by atoms with van der Waals surface area (Å²) in [5.74, 6) is 1.55. The molecule has 7 heteroatoms. The molecule has 30 heavy (non-hydrogen) atoms. The van der Waals surface area contributed by atoms with Crippen molar-refractivity contribution in [3.05, 3.63) is 70.8 Å². The van der Waals surface area contributed by atoms with E-state index in [0.29, 0.717) is 23.5 Å². The first kappa shape index (κ1) is 18.5. The van der Waals surface area contributed by atoms with Crippen LogP contribution in [-0.2, 0) is 27.1 Å². The Labute approximate surface area is 173 Å². The number of rotatable bonds is 4. The molecule has 4 aromatic rings. The minimum Gasteiger partial charge on any atom is -0.335 e. The Morgan fingerprint density at radius 3 is 2.87 bits per heavy atom. The van der Waals surface area contributed by atoms with Crippen LogP contribution >= 0.6 is 0 Å². The molecule has 1 aliphatic heterocycles. The number of hydrogen-bond acceptors (Lipinski definition) is 4. The minimum absolute atomic E-state index is 0.105. The number of hydrogen-bond donors (Lipinski definition) is 0. The van der Waals surface area contributed by atoms with Crippen molar-refractivity contribution in [1.82, 2.24) is 23.7 Å². The van der Waals surface area contributed by atoms with Gasteiger partial charge in [0.1, 0.15) is 5.82 Å². The van der Waals surface area contributed by atoms with Crippen molar-refractivity contribution >= 4 is 16.9 Å². The molecule has 1 aromatic carbocycles. The van der Waals surface area contributed by atoms with E-state index in [-0.39, 0.29) is 11.5 Å². The van der Waals surface area contributed by atoms with Gasteiger partial charge in [-0.2, -0.15) is 0 Å². The van der Waals surface area contributed by atoms with Crippen molar-refractivity contribution in [2.45, 2.75) is 25.8 Å². The molecule has 5 rings (SSSR count). The lowest BCUT2D eigenvalue weighted by molar-refractivity contribution is 0.0953. The first-order valence-corrected chi connectivity index (χ1v) is 10.2. The summed E-state index contributed by atoms with van der Waals surface area (Å²) in [6, 6.07) is 9.63. The fourth-order valence-electron chi connectivity index (χ4n) is 4.37. The largest absolute Gasteiger partial charge is 0.335 e. The maximum atomic E-state index is 13.0. The van der Waals surface area contributed by atoms with Gasteiger partial charge in [0, 0.05) is 63.2 Å².